The highest BCUT2D eigenvalue weighted by Crippen LogP contribution is 2.49. The SMILES string of the molecule is Cc1ccc(C2=NN3C(C2)c2cc(Br)ccc2OC3c2ccc(Cl)cc2Cl)cc1. The van der Waals surface area contributed by atoms with Gasteiger partial charge in [0.15, 0.2) is 0 Å². The number of fused-ring (bicyclic) bond motifs is 3. The Hall–Kier alpha value is -2.01. The first-order valence-corrected chi connectivity index (χ1v) is 10.9. The highest BCUT2D eigenvalue weighted by atomic mass is 79.9. The van der Waals surface area contributed by atoms with E-state index in [1.807, 2.05) is 29.3 Å². The van der Waals surface area contributed by atoms with Gasteiger partial charge in [-0.2, -0.15) is 5.10 Å². The summed E-state index contributed by atoms with van der Waals surface area (Å²) in [6, 6.07) is 20.1. The van der Waals surface area contributed by atoms with E-state index in [1.165, 1.54) is 5.56 Å². The van der Waals surface area contributed by atoms with Gasteiger partial charge in [-0.25, -0.2) is 5.01 Å². The molecule has 0 saturated heterocycles. The van der Waals surface area contributed by atoms with Gasteiger partial charge in [0.05, 0.1) is 16.8 Å². The Labute approximate surface area is 188 Å². The maximum atomic E-state index is 6.53. The zero-order valence-corrected chi connectivity index (χ0v) is 18.7. The zero-order chi connectivity index (χ0) is 20.1. The predicted octanol–water partition coefficient (Wildman–Crippen LogP) is 7.31. The molecule has 29 heavy (non-hydrogen) atoms. The van der Waals surface area contributed by atoms with Crippen LogP contribution in [0.3, 0.4) is 0 Å². The van der Waals surface area contributed by atoms with Gasteiger partial charge >= 0.3 is 0 Å². The Kier molecular flexibility index (Phi) is 4.81. The first kappa shape index (κ1) is 19.0. The minimum absolute atomic E-state index is 0.0734. The molecule has 0 saturated carbocycles. The van der Waals surface area contributed by atoms with Crippen molar-refractivity contribution < 1.29 is 4.74 Å². The summed E-state index contributed by atoms with van der Waals surface area (Å²) < 4.78 is 7.40. The summed E-state index contributed by atoms with van der Waals surface area (Å²) in [7, 11) is 0. The van der Waals surface area contributed by atoms with Crippen LogP contribution in [0.4, 0.5) is 0 Å². The topological polar surface area (TPSA) is 24.8 Å². The second kappa shape index (κ2) is 7.35. The normalized spacial score (nSPS) is 20.0. The summed E-state index contributed by atoms with van der Waals surface area (Å²) in [5, 5.41) is 8.17. The maximum Gasteiger partial charge on any atom is 0.215 e. The Morgan fingerprint density at radius 1 is 1.00 bits per heavy atom. The van der Waals surface area contributed by atoms with E-state index in [0.29, 0.717) is 10.0 Å². The summed E-state index contributed by atoms with van der Waals surface area (Å²) in [6.45, 7) is 2.09. The Morgan fingerprint density at radius 3 is 2.55 bits per heavy atom. The lowest BCUT2D eigenvalue weighted by Gasteiger charge is -2.38. The number of aryl methyl sites for hydroxylation is 1. The van der Waals surface area contributed by atoms with Gasteiger partial charge in [0.2, 0.25) is 6.23 Å². The molecule has 0 aromatic heterocycles. The van der Waals surface area contributed by atoms with E-state index in [9.17, 15) is 0 Å². The molecule has 6 heteroatoms. The molecule has 0 bridgehead atoms. The Morgan fingerprint density at radius 2 is 1.79 bits per heavy atom. The van der Waals surface area contributed by atoms with Gasteiger partial charge in [0, 0.05) is 27.0 Å². The van der Waals surface area contributed by atoms with E-state index >= 15 is 0 Å². The maximum absolute atomic E-state index is 6.53. The van der Waals surface area contributed by atoms with Gasteiger partial charge < -0.3 is 4.74 Å². The number of hydrogen-bond acceptors (Lipinski definition) is 3. The van der Waals surface area contributed by atoms with Crippen molar-refractivity contribution in [3.05, 3.63) is 97.4 Å². The number of nitrogens with zero attached hydrogens (tertiary/aromatic N) is 2. The first-order chi connectivity index (χ1) is 14.0. The molecule has 3 nitrogen and oxygen atoms in total. The summed E-state index contributed by atoms with van der Waals surface area (Å²) in [5.74, 6) is 0.853. The molecule has 0 aliphatic carbocycles. The van der Waals surface area contributed by atoms with Crippen molar-refractivity contribution in [2.45, 2.75) is 25.6 Å². The Balaban J connectivity index is 1.62. The minimum atomic E-state index is -0.415. The van der Waals surface area contributed by atoms with Crippen LogP contribution in [0, 0.1) is 6.92 Å². The number of hydrazone groups is 1. The molecule has 0 spiro atoms. The molecular formula is C23H17BrCl2N2O. The van der Waals surface area contributed by atoms with Crippen molar-refractivity contribution in [1.82, 2.24) is 5.01 Å². The molecule has 3 aromatic carbocycles. The van der Waals surface area contributed by atoms with E-state index in [1.54, 1.807) is 6.07 Å². The largest absolute Gasteiger partial charge is 0.464 e. The average molecular weight is 488 g/mol. The summed E-state index contributed by atoms with van der Waals surface area (Å²) >= 11 is 16.2. The zero-order valence-electron chi connectivity index (χ0n) is 15.6. The fraction of sp³-hybridized carbons (Fsp3) is 0.174. The first-order valence-electron chi connectivity index (χ1n) is 9.33. The van der Waals surface area contributed by atoms with Crippen LogP contribution in [0.5, 0.6) is 5.75 Å². The Bertz CT molecular complexity index is 1130. The lowest BCUT2D eigenvalue weighted by Crippen LogP contribution is -2.33. The van der Waals surface area contributed by atoms with Crippen molar-refractivity contribution in [2.75, 3.05) is 0 Å². The number of benzene rings is 3. The summed E-state index contributed by atoms with van der Waals surface area (Å²) in [5.41, 5.74) is 5.37. The van der Waals surface area contributed by atoms with Crippen LogP contribution < -0.4 is 4.74 Å². The van der Waals surface area contributed by atoms with Crippen molar-refractivity contribution in [3.8, 4) is 5.75 Å². The number of rotatable bonds is 2. The predicted molar refractivity (Wildman–Crippen MR) is 121 cm³/mol. The van der Waals surface area contributed by atoms with Gasteiger partial charge in [-0.15, -0.1) is 0 Å². The molecule has 0 amide bonds. The lowest BCUT2D eigenvalue weighted by atomic mass is 9.95. The highest BCUT2D eigenvalue weighted by Gasteiger charge is 2.41. The average Bonchev–Trinajstić information content (AvgIpc) is 3.14. The molecule has 2 aliphatic heterocycles. The number of ether oxygens (including phenoxy) is 1. The smallest absolute Gasteiger partial charge is 0.215 e. The minimum Gasteiger partial charge on any atom is -0.464 e. The van der Waals surface area contributed by atoms with Gasteiger partial charge in [0.25, 0.3) is 0 Å². The second-order valence-corrected chi connectivity index (χ2v) is 9.09. The molecule has 2 heterocycles. The third kappa shape index (κ3) is 3.43. The number of halogens is 3. The molecule has 0 radical (unpaired) electrons. The van der Waals surface area contributed by atoms with E-state index in [0.717, 1.165) is 39.0 Å². The van der Waals surface area contributed by atoms with Gasteiger partial charge in [0.1, 0.15) is 5.75 Å². The van der Waals surface area contributed by atoms with Gasteiger partial charge in [-0.3, -0.25) is 0 Å². The monoisotopic (exact) mass is 486 g/mol. The van der Waals surface area contributed by atoms with Crippen LogP contribution >= 0.6 is 39.1 Å². The van der Waals surface area contributed by atoms with Crippen molar-refractivity contribution in [3.63, 3.8) is 0 Å². The van der Waals surface area contributed by atoms with E-state index in [4.69, 9.17) is 33.0 Å². The van der Waals surface area contributed by atoms with Crippen molar-refractivity contribution >= 4 is 44.8 Å². The second-order valence-electron chi connectivity index (χ2n) is 7.33. The van der Waals surface area contributed by atoms with E-state index < -0.39 is 6.23 Å². The van der Waals surface area contributed by atoms with Crippen molar-refractivity contribution in [1.29, 1.82) is 0 Å². The van der Waals surface area contributed by atoms with Gasteiger partial charge in [-0.05, 0) is 42.8 Å². The standard InChI is InChI=1S/C23H17BrCl2N2O/c1-13-2-4-14(5-3-13)20-12-21-18-10-15(24)6-9-22(18)29-23(28(21)27-20)17-8-7-16(25)11-19(17)26/h2-11,21,23H,12H2,1H3. The lowest BCUT2D eigenvalue weighted by molar-refractivity contribution is -0.0190. The van der Waals surface area contributed by atoms with Crippen LogP contribution in [0.15, 0.2) is 70.2 Å². The molecular weight excluding hydrogens is 471 g/mol. The summed E-state index contributed by atoms with van der Waals surface area (Å²) in [6.07, 6.45) is 0.388. The number of hydrogen-bond donors (Lipinski definition) is 0. The fourth-order valence-corrected chi connectivity index (χ4v) is 4.77. The van der Waals surface area contributed by atoms with Crippen LogP contribution in [0.25, 0.3) is 0 Å². The molecule has 2 unspecified atom stereocenters. The van der Waals surface area contributed by atoms with Crippen LogP contribution in [-0.4, -0.2) is 10.7 Å². The third-order valence-corrected chi connectivity index (χ3v) is 6.42. The van der Waals surface area contributed by atoms with Gasteiger partial charge in [-0.1, -0.05) is 75.0 Å². The fourth-order valence-electron chi connectivity index (χ4n) is 3.89. The van der Waals surface area contributed by atoms with E-state index in [-0.39, 0.29) is 6.04 Å². The highest BCUT2D eigenvalue weighted by molar-refractivity contribution is 9.10. The molecule has 2 aliphatic rings. The quantitative estimate of drug-likeness (QED) is 0.378. The summed E-state index contributed by atoms with van der Waals surface area (Å²) in [4.78, 5) is 0. The van der Waals surface area contributed by atoms with Crippen LogP contribution in [0.2, 0.25) is 10.0 Å². The molecule has 2 atom stereocenters. The molecule has 5 rings (SSSR count). The molecule has 0 fully saturated rings. The van der Waals surface area contributed by atoms with Crippen LogP contribution in [-0.2, 0) is 0 Å². The van der Waals surface area contributed by atoms with Crippen LogP contribution in [0.1, 0.15) is 40.9 Å². The molecule has 0 N–H and O–H groups in total. The molecule has 146 valence electrons. The molecule has 3 aromatic rings. The van der Waals surface area contributed by atoms with E-state index in [2.05, 4.69) is 53.2 Å². The van der Waals surface area contributed by atoms with Crippen molar-refractivity contribution in [2.24, 2.45) is 5.10 Å². The third-order valence-electron chi connectivity index (χ3n) is 5.37.